The predicted octanol–water partition coefficient (Wildman–Crippen LogP) is 4.02. The molecule has 6 nitrogen and oxygen atoms in total. The Hall–Kier alpha value is -2.45. The van der Waals surface area contributed by atoms with Crippen molar-refractivity contribution in [3.8, 4) is 0 Å². The number of aryl methyl sites for hydroxylation is 1. The normalized spacial score (nSPS) is 14.4. The maximum Gasteiger partial charge on any atom is 0.257 e. The number of hydrogen-bond acceptors (Lipinski definition) is 4. The van der Waals surface area contributed by atoms with E-state index < -0.39 is 21.7 Å². The summed E-state index contributed by atoms with van der Waals surface area (Å²) in [5.74, 6) is -1.07. The summed E-state index contributed by atoms with van der Waals surface area (Å²) in [5.41, 5.74) is 1.77. The van der Waals surface area contributed by atoms with Gasteiger partial charge in [0.05, 0.1) is 16.1 Å². The highest BCUT2D eigenvalue weighted by molar-refractivity contribution is 7.89. The highest BCUT2D eigenvalue weighted by Gasteiger charge is 2.26. The zero-order valence-corrected chi connectivity index (χ0v) is 18.4. The van der Waals surface area contributed by atoms with E-state index in [1.54, 1.807) is 38.1 Å². The van der Waals surface area contributed by atoms with Gasteiger partial charge in [-0.3, -0.25) is 4.79 Å². The number of carbonyl (C=O) groups excluding carboxylic acids is 1. The summed E-state index contributed by atoms with van der Waals surface area (Å²) in [6.07, 6.45) is 2.01. The van der Waals surface area contributed by atoms with Gasteiger partial charge in [0.2, 0.25) is 10.0 Å². The Labute approximate surface area is 177 Å². The summed E-state index contributed by atoms with van der Waals surface area (Å²) in [7, 11) is -3.72. The lowest BCUT2D eigenvalue weighted by Crippen LogP contribution is -2.31. The number of carbonyl (C=O) groups is 1. The zero-order chi connectivity index (χ0) is 21.9. The third kappa shape index (κ3) is 4.49. The third-order valence-corrected chi connectivity index (χ3v) is 7.42. The molecular weight excluding hydrogens is 405 g/mol. The predicted molar refractivity (Wildman–Crippen MR) is 117 cm³/mol. The minimum absolute atomic E-state index is 0.0593. The molecule has 0 bridgehead atoms. The van der Waals surface area contributed by atoms with E-state index in [1.165, 1.54) is 16.4 Å². The molecule has 0 radical (unpaired) electrons. The average Bonchev–Trinajstić information content (AvgIpc) is 3.25. The average molecular weight is 434 g/mol. The van der Waals surface area contributed by atoms with Crippen LogP contribution >= 0.6 is 0 Å². The van der Waals surface area contributed by atoms with Gasteiger partial charge in [-0.25, -0.2) is 12.8 Å². The van der Waals surface area contributed by atoms with Crippen molar-refractivity contribution in [1.82, 2.24) is 4.31 Å². The monoisotopic (exact) mass is 433 g/mol. The Kier molecular flexibility index (Phi) is 6.77. The standard InChI is InChI=1S/C22H28FN3O3S/c1-4-26(5-2)30(28,29)17-9-11-21(25-12-6-7-13-25)18(15-17)22(27)24-20-14-16(3)8-10-19(20)23/h8-11,14-15H,4-7,12-13H2,1-3H3,(H,24,27). The second-order valence-corrected chi connectivity index (χ2v) is 9.34. The van der Waals surface area contributed by atoms with Gasteiger partial charge in [-0.15, -0.1) is 0 Å². The molecule has 0 aliphatic carbocycles. The minimum atomic E-state index is -3.72. The van der Waals surface area contributed by atoms with Crippen LogP contribution in [0.3, 0.4) is 0 Å². The quantitative estimate of drug-likeness (QED) is 0.716. The summed E-state index contributed by atoms with van der Waals surface area (Å²) in [6.45, 7) is 7.61. The molecule has 3 rings (SSSR count). The van der Waals surface area contributed by atoms with Crippen molar-refractivity contribution in [2.24, 2.45) is 0 Å². The third-order valence-electron chi connectivity index (χ3n) is 5.37. The topological polar surface area (TPSA) is 69.7 Å². The van der Waals surface area contributed by atoms with Crippen LogP contribution in [0.15, 0.2) is 41.3 Å². The van der Waals surface area contributed by atoms with Crippen LogP contribution in [0, 0.1) is 12.7 Å². The molecule has 2 aromatic carbocycles. The molecule has 30 heavy (non-hydrogen) atoms. The highest BCUT2D eigenvalue weighted by Crippen LogP contribution is 2.29. The Bertz CT molecular complexity index is 1030. The van der Waals surface area contributed by atoms with E-state index >= 15 is 0 Å². The molecule has 1 fully saturated rings. The minimum Gasteiger partial charge on any atom is -0.371 e. The largest absolute Gasteiger partial charge is 0.371 e. The summed E-state index contributed by atoms with van der Waals surface area (Å²) >= 11 is 0. The summed E-state index contributed by atoms with van der Waals surface area (Å²) < 4.78 is 41.5. The lowest BCUT2D eigenvalue weighted by molar-refractivity contribution is 0.102. The van der Waals surface area contributed by atoms with E-state index in [4.69, 9.17) is 0 Å². The molecule has 1 heterocycles. The maximum absolute atomic E-state index is 14.2. The van der Waals surface area contributed by atoms with Crippen molar-refractivity contribution in [3.63, 3.8) is 0 Å². The van der Waals surface area contributed by atoms with Crippen LogP contribution in [-0.2, 0) is 10.0 Å². The number of amides is 1. The van der Waals surface area contributed by atoms with Crippen LogP contribution in [0.4, 0.5) is 15.8 Å². The molecule has 0 saturated carbocycles. The van der Waals surface area contributed by atoms with Gasteiger partial charge in [-0.1, -0.05) is 19.9 Å². The summed E-state index contributed by atoms with van der Waals surface area (Å²) in [5, 5.41) is 2.62. The molecule has 0 aromatic heterocycles. The first kappa shape index (κ1) is 22.2. The first-order valence-corrected chi connectivity index (χ1v) is 11.7. The number of nitrogens with one attached hydrogen (secondary N) is 1. The molecule has 0 spiro atoms. The van der Waals surface area contributed by atoms with E-state index in [0.29, 0.717) is 18.8 Å². The van der Waals surface area contributed by atoms with Crippen molar-refractivity contribution in [1.29, 1.82) is 0 Å². The van der Waals surface area contributed by atoms with Crippen LogP contribution in [0.2, 0.25) is 0 Å². The maximum atomic E-state index is 14.2. The number of halogens is 1. The van der Waals surface area contributed by atoms with Gasteiger partial charge < -0.3 is 10.2 Å². The van der Waals surface area contributed by atoms with Gasteiger partial charge in [-0.05, 0) is 55.7 Å². The van der Waals surface area contributed by atoms with Crippen molar-refractivity contribution < 1.29 is 17.6 Å². The number of rotatable bonds is 7. The lowest BCUT2D eigenvalue weighted by atomic mass is 10.1. The van der Waals surface area contributed by atoms with Gasteiger partial charge in [0.15, 0.2) is 0 Å². The zero-order valence-electron chi connectivity index (χ0n) is 17.6. The van der Waals surface area contributed by atoms with E-state index in [2.05, 4.69) is 10.2 Å². The molecule has 1 aliphatic heterocycles. The molecule has 1 N–H and O–H groups in total. The molecule has 1 amide bonds. The Balaban J connectivity index is 2.05. The fourth-order valence-corrected chi connectivity index (χ4v) is 5.21. The Morgan fingerprint density at radius 2 is 1.77 bits per heavy atom. The fourth-order valence-electron chi connectivity index (χ4n) is 3.73. The van der Waals surface area contributed by atoms with Gasteiger partial charge in [-0.2, -0.15) is 4.31 Å². The highest BCUT2D eigenvalue weighted by atomic mass is 32.2. The number of nitrogens with zero attached hydrogens (tertiary/aromatic N) is 2. The molecule has 2 aromatic rings. The lowest BCUT2D eigenvalue weighted by Gasteiger charge is -2.23. The number of benzene rings is 2. The van der Waals surface area contributed by atoms with Crippen molar-refractivity contribution in [3.05, 3.63) is 53.3 Å². The second kappa shape index (κ2) is 9.14. The van der Waals surface area contributed by atoms with Crippen molar-refractivity contribution >= 4 is 27.3 Å². The Morgan fingerprint density at radius 1 is 1.10 bits per heavy atom. The number of sulfonamides is 1. The fraction of sp³-hybridized carbons (Fsp3) is 0.409. The molecule has 0 atom stereocenters. The molecule has 0 unspecified atom stereocenters. The summed E-state index contributed by atoms with van der Waals surface area (Å²) in [4.78, 5) is 15.3. The Morgan fingerprint density at radius 3 is 2.40 bits per heavy atom. The van der Waals surface area contributed by atoms with E-state index in [9.17, 15) is 17.6 Å². The van der Waals surface area contributed by atoms with Gasteiger partial charge >= 0.3 is 0 Å². The smallest absolute Gasteiger partial charge is 0.257 e. The van der Waals surface area contributed by atoms with Gasteiger partial charge in [0.1, 0.15) is 5.82 Å². The first-order valence-electron chi connectivity index (χ1n) is 10.2. The second-order valence-electron chi connectivity index (χ2n) is 7.40. The van der Waals surface area contributed by atoms with Crippen molar-refractivity contribution in [2.45, 2.75) is 38.5 Å². The SMILES string of the molecule is CCN(CC)S(=O)(=O)c1ccc(N2CCCC2)c(C(=O)Nc2cc(C)ccc2F)c1. The molecule has 162 valence electrons. The van der Waals surface area contributed by atoms with E-state index in [1.807, 2.05) is 6.92 Å². The summed E-state index contributed by atoms with van der Waals surface area (Å²) in [6, 6.07) is 9.11. The van der Waals surface area contributed by atoms with E-state index in [-0.39, 0.29) is 16.1 Å². The van der Waals surface area contributed by atoms with Crippen LogP contribution in [-0.4, -0.2) is 44.8 Å². The van der Waals surface area contributed by atoms with E-state index in [0.717, 1.165) is 31.5 Å². The molecule has 8 heteroatoms. The van der Waals surface area contributed by atoms with Crippen LogP contribution < -0.4 is 10.2 Å². The van der Waals surface area contributed by atoms with Crippen LogP contribution in [0.25, 0.3) is 0 Å². The first-order chi connectivity index (χ1) is 14.3. The molecule has 1 saturated heterocycles. The molecule has 1 aliphatic rings. The van der Waals surface area contributed by atoms with Gasteiger partial charge in [0.25, 0.3) is 5.91 Å². The molecular formula is C22H28FN3O3S. The van der Waals surface area contributed by atoms with Crippen molar-refractivity contribution in [2.75, 3.05) is 36.4 Å². The number of hydrogen-bond donors (Lipinski definition) is 1. The number of anilines is 2. The van der Waals surface area contributed by atoms with Crippen LogP contribution in [0.5, 0.6) is 0 Å². The van der Waals surface area contributed by atoms with Gasteiger partial charge in [0, 0.05) is 31.9 Å². The van der Waals surface area contributed by atoms with Crippen LogP contribution in [0.1, 0.15) is 42.6 Å².